The van der Waals surface area contributed by atoms with Crippen LogP contribution in [0.3, 0.4) is 0 Å². The molecule has 0 bridgehead atoms. The lowest BCUT2D eigenvalue weighted by molar-refractivity contribution is -0.115. The number of nitrogens with one attached hydrogen (secondary N) is 3. The molecule has 0 saturated heterocycles. The third-order valence-electron chi connectivity index (χ3n) is 7.87. The van der Waals surface area contributed by atoms with Crippen molar-refractivity contribution < 1.29 is 28.3 Å². The summed E-state index contributed by atoms with van der Waals surface area (Å²) < 4.78 is 18.9. The summed E-state index contributed by atoms with van der Waals surface area (Å²) in [5.41, 5.74) is 2.78. The van der Waals surface area contributed by atoms with Crippen LogP contribution in [0.25, 0.3) is 6.08 Å². The van der Waals surface area contributed by atoms with E-state index in [0.717, 1.165) is 53.9 Å². The van der Waals surface area contributed by atoms with Crippen molar-refractivity contribution in [1.29, 1.82) is 0 Å². The molecule has 0 fully saturated rings. The fourth-order valence-corrected chi connectivity index (χ4v) is 7.62. The molecule has 1 aliphatic rings. The van der Waals surface area contributed by atoms with Crippen molar-refractivity contribution in [3.8, 4) is 0 Å². The van der Waals surface area contributed by atoms with Gasteiger partial charge in [0.25, 0.3) is 11.8 Å². The second-order valence-electron chi connectivity index (χ2n) is 11.5. The molecule has 5 rings (SSSR count). The maximum atomic E-state index is 13.5. The molecule has 0 aliphatic heterocycles. The van der Waals surface area contributed by atoms with Crippen LogP contribution < -0.4 is 16.0 Å². The Balaban J connectivity index is 1.29. The highest BCUT2D eigenvalue weighted by Crippen LogP contribution is 2.38. The van der Waals surface area contributed by atoms with E-state index in [0.29, 0.717) is 27.4 Å². The highest BCUT2D eigenvalue weighted by molar-refractivity contribution is 8.00. The van der Waals surface area contributed by atoms with Crippen molar-refractivity contribution in [3.63, 3.8) is 0 Å². The van der Waals surface area contributed by atoms with Gasteiger partial charge in [-0.3, -0.25) is 14.4 Å². The number of hydrogen-bond donors (Lipinski definition) is 3. The van der Waals surface area contributed by atoms with Crippen molar-refractivity contribution in [2.24, 2.45) is 0 Å². The average Bonchev–Trinajstić information content (AvgIpc) is 3.41. The molecule has 1 unspecified atom stereocenters. The summed E-state index contributed by atoms with van der Waals surface area (Å²) in [6, 6.07) is 21.1. The first-order valence-corrected chi connectivity index (χ1v) is 18.0. The quantitative estimate of drug-likeness (QED) is 0.0826. The summed E-state index contributed by atoms with van der Waals surface area (Å²) in [6.07, 6.45) is 7.43. The van der Waals surface area contributed by atoms with Gasteiger partial charge in [-0.2, -0.15) is 0 Å². The number of thiophene rings is 1. The molecular weight excluding hydrogens is 662 g/mol. The average molecular weight is 700 g/mol. The minimum absolute atomic E-state index is 0.0336. The van der Waals surface area contributed by atoms with Gasteiger partial charge in [0.05, 0.1) is 17.4 Å². The molecule has 11 heteroatoms. The molecule has 254 valence electrons. The first kappa shape index (κ1) is 35.6. The number of benzene rings is 3. The lowest BCUT2D eigenvalue weighted by atomic mass is 9.96. The predicted octanol–water partition coefficient (Wildman–Crippen LogP) is 8.25. The fraction of sp³-hybridized carbons (Fsp3) is 0.263. The fourth-order valence-electron chi connectivity index (χ4n) is 5.41. The number of anilines is 2. The largest absolute Gasteiger partial charge is 0.462 e. The number of thioether (sulfide) groups is 1. The zero-order chi connectivity index (χ0) is 34.8. The Hall–Kier alpha value is -4.74. The normalized spacial score (nSPS) is 13.7. The minimum atomic E-state index is -0.582. The number of fused-ring (bicyclic) bond motifs is 1. The number of rotatable bonds is 11. The summed E-state index contributed by atoms with van der Waals surface area (Å²) in [5.74, 6) is -2.15. The molecule has 49 heavy (non-hydrogen) atoms. The highest BCUT2D eigenvalue weighted by Gasteiger charge is 2.27. The van der Waals surface area contributed by atoms with E-state index in [9.17, 15) is 23.6 Å². The number of carbonyl (C=O) groups excluding carboxylic acids is 4. The molecule has 8 nitrogen and oxygen atoms in total. The summed E-state index contributed by atoms with van der Waals surface area (Å²) in [7, 11) is 0. The number of carbonyl (C=O) groups is 4. The van der Waals surface area contributed by atoms with Crippen LogP contribution in [0, 0.1) is 5.82 Å². The van der Waals surface area contributed by atoms with Gasteiger partial charge in [0.2, 0.25) is 5.91 Å². The van der Waals surface area contributed by atoms with E-state index < -0.39 is 28.9 Å². The van der Waals surface area contributed by atoms with Gasteiger partial charge in [-0.1, -0.05) is 49.2 Å². The molecular formula is C38H38FN3O5S2. The molecule has 0 spiro atoms. The second-order valence-corrected chi connectivity index (χ2v) is 14.0. The first-order chi connectivity index (χ1) is 23.7. The molecule has 1 aromatic heterocycles. The maximum Gasteiger partial charge on any atom is 0.341 e. The number of hydrogen-bond acceptors (Lipinski definition) is 7. The van der Waals surface area contributed by atoms with Crippen molar-refractivity contribution in [3.05, 3.63) is 118 Å². The van der Waals surface area contributed by atoms with E-state index in [1.807, 2.05) is 6.07 Å². The molecule has 3 N–H and O–H groups in total. The topological polar surface area (TPSA) is 114 Å². The Morgan fingerprint density at radius 2 is 1.65 bits per heavy atom. The number of aryl methyl sites for hydroxylation is 1. The molecule has 1 heterocycles. The van der Waals surface area contributed by atoms with Gasteiger partial charge >= 0.3 is 5.97 Å². The van der Waals surface area contributed by atoms with Gasteiger partial charge in [-0.15, -0.1) is 23.1 Å². The van der Waals surface area contributed by atoms with Gasteiger partial charge < -0.3 is 20.7 Å². The minimum Gasteiger partial charge on any atom is -0.462 e. The van der Waals surface area contributed by atoms with E-state index >= 15 is 0 Å². The Morgan fingerprint density at radius 3 is 2.39 bits per heavy atom. The van der Waals surface area contributed by atoms with Crippen LogP contribution in [-0.4, -0.2) is 35.5 Å². The van der Waals surface area contributed by atoms with Crippen LogP contribution >= 0.6 is 23.1 Å². The van der Waals surface area contributed by atoms with Gasteiger partial charge in [-0.05, 0) is 99.2 Å². The molecule has 1 aliphatic carbocycles. The number of esters is 1. The number of ether oxygens (including phenoxy) is 1. The van der Waals surface area contributed by atoms with E-state index in [-0.39, 0.29) is 18.2 Å². The summed E-state index contributed by atoms with van der Waals surface area (Å²) >= 11 is 2.77. The smallest absolute Gasteiger partial charge is 0.341 e. The number of amides is 3. The zero-order valence-corrected chi connectivity index (χ0v) is 29.0. The van der Waals surface area contributed by atoms with Crippen LogP contribution in [0.5, 0.6) is 0 Å². The van der Waals surface area contributed by atoms with E-state index in [1.165, 1.54) is 53.4 Å². The third-order valence-corrected chi connectivity index (χ3v) is 10.2. The van der Waals surface area contributed by atoms with E-state index in [1.54, 1.807) is 62.4 Å². The maximum absolute atomic E-state index is 13.5. The van der Waals surface area contributed by atoms with E-state index in [4.69, 9.17) is 4.74 Å². The van der Waals surface area contributed by atoms with Crippen LogP contribution in [0.15, 0.2) is 89.5 Å². The second kappa shape index (κ2) is 17.1. The zero-order valence-electron chi connectivity index (χ0n) is 27.3. The molecule has 4 aromatic rings. The highest BCUT2D eigenvalue weighted by atomic mass is 32.2. The summed E-state index contributed by atoms with van der Waals surface area (Å²) in [5, 5.41) is 8.49. The van der Waals surface area contributed by atoms with Crippen molar-refractivity contribution in [1.82, 2.24) is 5.32 Å². The Morgan fingerprint density at radius 1 is 0.918 bits per heavy atom. The molecule has 1 atom stereocenters. The standard InChI is InChI=1S/C38H38FN3O5S2/c1-3-47-38(46)33-30-16-9-4-5-10-17-32(30)49-37(33)42-34(43)24(2)48-29-15-11-14-28(23-29)40-36(45)31(22-25-18-20-27(39)21-19-25)41-35(44)26-12-7-6-8-13-26/h6-8,11-15,18-24H,3-5,9-10,16-17H2,1-2H3,(H,40,45)(H,41,44)(H,42,43)/b31-22+. The van der Waals surface area contributed by atoms with Crippen molar-refractivity contribution in [2.45, 2.75) is 62.5 Å². The molecule has 3 amide bonds. The molecule has 0 saturated carbocycles. The van der Waals surface area contributed by atoms with Crippen LogP contribution in [0.2, 0.25) is 0 Å². The van der Waals surface area contributed by atoms with E-state index in [2.05, 4.69) is 16.0 Å². The molecule has 0 radical (unpaired) electrons. The van der Waals surface area contributed by atoms with Crippen LogP contribution in [-0.2, 0) is 27.2 Å². The lowest BCUT2D eigenvalue weighted by Gasteiger charge is -2.14. The summed E-state index contributed by atoms with van der Waals surface area (Å²) in [4.78, 5) is 54.7. The van der Waals surface area contributed by atoms with Crippen LogP contribution in [0.4, 0.5) is 15.1 Å². The van der Waals surface area contributed by atoms with Gasteiger partial charge in [0.15, 0.2) is 0 Å². The van der Waals surface area contributed by atoms with Gasteiger partial charge in [-0.25, -0.2) is 9.18 Å². The van der Waals surface area contributed by atoms with Gasteiger partial charge in [0.1, 0.15) is 16.5 Å². The SMILES string of the molecule is CCOC(=O)c1c(NC(=O)C(C)Sc2cccc(NC(=O)/C(=C\c3ccc(F)cc3)NC(=O)c3ccccc3)c2)sc2c1CCCCCC2. The third kappa shape index (κ3) is 9.67. The monoisotopic (exact) mass is 699 g/mol. The Labute approximate surface area is 293 Å². The first-order valence-electron chi connectivity index (χ1n) is 16.3. The molecule has 3 aromatic carbocycles. The van der Waals surface area contributed by atoms with Gasteiger partial charge in [0, 0.05) is 21.0 Å². The van der Waals surface area contributed by atoms with Crippen LogP contribution in [0.1, 0.15) is 76.3 Å². The Kier molecular flexibility index (Phi) is 12.4. The van der Waals surface area contributed by atoms with Crippen molar-refractivity contribution >= 4 is 63.6 Å². The predicted molar refractivity (Wildman–Crippen MR) is 193 cm³/mol. The number of halogens is 1. The Bertz CT molecular complexity index is 1840. The van der Waals surface area contributed by atoms with Crippen molar-refractivity contribution in [2.75, 3.05) is 17.2 Å². The summed E-state index contributed by atoms with van der Waals surface area (Å²) in [6.45, 7) is 3.80. The lowest BCUT2D eigenvalue weighted by Crippen LogP contribution is -2.30.